The summed E-state index contributed by atoms with van der Waals surface area (Å²) in [6, 6.07) is 17.6. The molecule has 152 valence electrons. The van der Waals surface area contributed by atoms with Crippen molar-refractivity contribution in [2.24, 2.45) is 0 Å². The van der Waals surface area contributed by atoms with Crippen LogP contribution in [0.4, 0.5) is 5.69 Å². The highest BCUT2D eigenvalue weighted by atomic mass is 32.2. The van der Waals surface area contributed by atoms with Gasteiger partial charge in [0.05, 0.1) is 11.9 Å². The van der Waals surface area contributed by atoms with Crippen molar-refractivity contribution in [3.8, 4) is 0 Å². The molecule has 2 aromatic carbocycles. The lowest BCUT2D eigenvalue weighted by Crippen LogP contribution is -2.35. The van der Waals surface area contributed by atoms with Crippen LogP contribution in [0.2, 0.25) is 0 Å². The number of amides is 1. The summed E-state index contributed by atoms with van der Waals surface area (Å²) < 4.78 is 25.7. The van der Waals surface area contributed by atoms with Crippen molar-refractivity contribution < 1.29 is 13.2 Å². The summed E-state index contributed by atoms with van der Waals surface area (Å²) in [5.41, 5.74) is 2.89. The molecular weight excluding hydrogens is 372 g/mol. The van der Waals surface area contributed by atoms with E-state index in [1.54, 1.807) is 6.07 Å². The molecule has 0 aromatic heterocycles. The number of carbonyl (C=O) groups excluding carboxylic acids is 1. The fourth-order valence-corrected chi connectivity index (χ4v) is 4.06. The minimum absolute atomic E-state index is 0.0433. The number of hydrogen-bond donors (Lipinski definition) is 1. The van der Waals surface area contributed by atoms with Crippen LogP contribution in [0.3, 0.4) is 0 Å². The van der Waals surface area contributed by atoms with Crippen LogP contribution >= 0.6 is 0 Å². The van der Waals surface area contributed by atoms with E-state index in [-0.39, 0.29) is 18.5 Å². The van der Waals surface area contributed by atoms with E-state index < -0.39 is 10.0 Å². The molecule has 0 bridgehead atoms. The maximum absolute atomic E-state index is 12.2. The van der Waals surface area contributed by atoms with E-state index in [9.17, 15) is 13.2 Å². The number of sulfonamides is 1. The Morgan fingerprint density at radius 3 is 2.46 bits per heavy atom. The Bertz CT molecular complexity index is 866. The molecule has 0 heterocycles. The van der Waals surface area contributed by atoms with E-state index in [1.165, 1.54) is 16.1 Å². The zero-order valence-corrected chi connectivity index (χ0v) is 17.7. The highest BCUT2D eigenvalue weighted by molar-refractivity contribution is 7.92. The fourth-order valence-electron chi connectivity index (χ4n) is 3.10. The van der Waals surface area contributed by atoms with Gasteiger partial charge in [-0.15, -0.1) is 0 Å². The standard InChI is InChI=1S/C22H30N2O3S/c1-18-9-7-12-21(17-18)24(28(3,26)27)16-8-13-22(25)23-19(2)14-15-20-10-5-4-6-11-20/h4-7,9-12,17,19H,8,13-16H2,1-3H3,(H,23,25)/t19-/m1/s1. The summed E-state index contributed by atoms with van der Waals surface area (Å²) in [6.07, 6.45) is 3.75. The van der Waals surface area contributed by atoms with Crippen LogP contribution in [-0.4, -0.2) is 33.2 Å². The topological polar surface area (TPSA) is 66.5 Å². The second-order valence-corrected chi connectivity index (χ2v) is 9.18. The number of rotatable bonds is 10. The van der Waals surface area contributed by atoms with E-state index in [1.807, 2.05) is 50.2 Å². The van der Waals surface area contributed by atoms with Crippen molar-refractivity contribution >= 4 is 21.6 Å². The summed E-state index contributed by atoms with van der Waals surface area (Å²) in [4.78, 5) is 12.2. The van der Waals surface area contributed by atoms with E-state index in [2.05, 4.69) is 17.4 Å². The molecular formula is C22H30N2O3S. The normalized spacial score (nSPS) is 12.4. The molecule has 1 amide bonds. The van der Waals surface area contributed by atoms with Crippen molar-refractivity contribution in [1.82, 2.24) is 5.32 Å². The Labute approximate surface area is 168 Å². The maximum Gasteiger partial charge on any atom is 0.232 e. The van der Waals surface area contributed by atoms with Gasteiger partial charge in [0.2, 0.25) is 15.9 Å². The zero-order chi connectivity index (χ0) is 20.6. The van der Waals surface area contributed by atoms with Crippen LogP contribution in [0.25, 0.3) is 0 Å². The number of hydrogen-bond acceptors (Lipinski definition) is 3. The van der Waals surface area contributed by atoms with Crippen LogP contribution in [0.15, 0.2) is 54.6 Å². The van der Waals surface area contributed by atoms with Gasteiger partial charge in [0, 0.05) is 19.0 Å². The van der Waals surface area contributed by atoms with Gasteiger partial charge in [-0.3, -0.25) is 9.10 Å². The van der Waals surface area contributed by atoms with Gasteiger partial charge in [0.25, 0.3) is 0 Å². The summed E-state index contributed by atoms with van der Waals surface area (Å²) in [5.74, 6) is -0.0433. The lowest BCUT2D eigenvalue weighted by molar-refractivity contribution is -0.121. The molecule has 1 atom stereocenters. The first-order chi connectivity index (χ1) is 13.3. The average molecular weight is 403 g/mol. The zero-order valence-electron chi connectivity index (χ0n) is 16.9. The van der Waals surface area contributed by atoms with Crippen LogP contribution in [0.5, 0.6) is 0 Å². The molecule has 0 saturated heterocycles. The third-order valence-electron chi connectivity index (χ3n) is 4.57. The predicted molar refractivity (Wildman–Crippen MR) is 115 cm³/mol. The lowest BCUT2D eigenvalue weighted by Gasteiger charge is -2.23. The van der Waals surface area contributed by atoms with Crippen molar-refractivity contribution in [3.63, 3.8) is 0 Å². The first-order valence-electron chi connectivity index (χ1n) is 9.63. The molecule has 0 saturated carbocycles. The van der Waals surface area contributed by atoms with Gasteiger partial charge in [-0.25, -0.2) is 8.42 Å². The summed E-state index contributed by atoms with van der Waals surface area (Å²) in [5, 5.41) is 3.00. The van der Waals surface area contributed by atoms with Crippen molar-refractivity contribution in [2.75, 3.05) is 17.1 Å². The average Bonchev–Trinajstić information content (AvgIpc) is 2.63. The number of anilines is 1. The van der Waals surface area contributed by atoms with Gasteiger partial charge in [-0.1, -0.05) is 42.5 Å². The van der Waals surface area contributed by atoms with Crippen LogP contribution in [-0.2, 0) is 21.2 Å². The van der Waals surface area contributed by atoms with E-state index in [0.717, 1.165) is 18.4 Å². The van der Waals surface area contributed by atoms with Crippen LogP contribution in [0.1, 0.15) is 37.3 Å². The second-order valence-electron chi connectivity index (χ2n) is 7.27. The quantitative estimate of drug-likeness (QED) is 0.659. The van der Waals surface area contributed by atoms with Crippen LogP contribution < -0.4 is 9.62 Å². The number of nitrogens with one attached hydrogen (secondary N) is 1. The summed E-state index contributed by atoms with van der Waals surface area (Å²) >= 11 is 0. The largest absolute Gasteiger partial charge is 0.354 e. The third kappa shape index (κ3) is 7.35. The van der Waals surface area contributed by atoms with E-state index in [0.29, 0.717) is 18.5 Å². The van der Waals surface area contributed by atoms with Gasteiger partial charge in [0.15, 0.2) is 0 Å². The number of benzene rings is 2. The highest BCUT2D eigenvalue weighted by Crippen LogP contribution is 2.19. The monoisotopic (exact) mass is 402 g/mol. The molecule has 5 nitrogen and oxygen atoms in total. The Hall–Kier alpha value is -2.34. The molecule has 0 aliphatic heterocycles. The highest BCUT2D eigenvalue weighted by Gasteiger charge is 2.18. The minimum Gasteiger partial charge on any atom is -0.354 e. The smallest absolute Gasteiger partial charge is 0.232 e. The SMILES string of the molecule is Cc1cccc(N(CCCC(=O)N[C@H](C)CCc2ccccc2)S(C)(=O)=O)c1. The molecule has 6 heteroatoms. The van der Waals surface area contributed by atoms with Gasteiger partial charge in [-0.2, -0.15) is 0 Å². The number of aryl methyl sites for hydroxylation is 2. The molecule has 1 N–H and O–H groups in total. The Balaban J connectivity index is 1.80. The van der Waals surface area contributed by atoms with Gasteiger partial charge >= 0.3 is 0 Å². The van der Waals surface area contributed by atoms with E-state index >= 15 is 0 Å². The Kier molecular flexibility index (Phi) is 8.05. The lowest BCUT2D eigenvalue weighted by atomic mass is 10.1. The number of nitrogens with zero attached hydrogens (tertiary/aromatic N) is 1. The summed E-state index contributed by atoms with van der Waals surface area (Å²) in [6.45, 7) is 4.21. The van der Waals surface area contributed by atoms with Crippen molar-refractivity contribution in [1.29, 1.82) is 0 Å². The maximum atomic E-state index is 12.2. The van der Waals surface area contributed by atoms with Crippen molar-refractivity contribution in [2.45, 2.75) is 45.6 Å². The molecule has 0 radical (unpaired) electrons. The molecule has 2 aromatic rings. The van der Waals surface area contributed by atoms with E-state index in [4.69, 9.17) is 0 Å². The summed E-state index contributed by atoms with van der Waals surface area (Å²) in [7, 11) is -3.39. The first kappa shape index (κ1) is 22.0. The van der Waals surface area contributed by atoms with Gasteiger partial charge in [0.1, 0.15) is 0 Å². The number of carbonyl (C=O) groups is 1. The van der Waals surface area contributed by atoms with Gasteiger partial charge in [-0.05, 0) is 56.4 Å². The molecule has 0 unspecified atom stereocenters. The minimum atomic E-state index is -3.39. The molecule has 0 fully saturated rings. The molecule has 28 heavy (non-hydrogen) atoms. The fraction of sp³-hybridized carbons (Fsp3) is 0.409. The molecule has 0 spiro atoms. The third-order valence-corrected chi connectivity index (χ3v) is 5.77. The molecule has 2 rings (SSSR count). The first-order valence-corrected chi connectivity index (χ1v) is 11.5. The Morgan fingerprint density at radius 2 is 1.82 bits per heavy atom. The second kappa shape index (κ2) is 10.3. The van der Waals surface area contributed by atoms with Crippen LogP contribution in [0, 0.1) is 6.92 Å². The molecule has 0 aliphatic rings. The van der Waals surface area contributed by atoms with Crippen molar-refractivity contribution in [3.05, 3.63) is 65.7 Å². The Morgan fingerprint density at radius 1 is 1.11 bits per heavy atom. The molecule has 0 aliphatic carbocycles. The van der Waals surface area contributed by atoms with Gasteiger partial charge < -0.3 is 5.32 Å². The predicted octanol–water partition coefficient (Wildman–Crippen LogP) is 3.68.